The third kappa shape index (κ3) is 6.22. The van der Waals surface area contributed by atoms with Crippen LogP contribution < -0.4 is 10.6 Å². The molecule has 0 saturated carbocycles. The van der Waals surface area contributed by atoms with Crippen LogP contribution in [0.25, 0.3) is 0 Å². The fourth-order valence-corrected chi connectivity index (χ4v) is 4.17. The molecule has 1 heterocycles. The topological polar surface area (TPSA) is 116 Å². The Hall–Kier alpha value is -2.55. The molecule has 30 heavy (non-hydrogen) atoms. The third-order valence-electron chi connectivity index (χ3n) is 5.12. The SMILES string of the molecule is CSCCC(NC(C)=O)C(=O)NC1CC(C)N(C(Cc2ccccc2)C(=O)O)C1=O. The van der Waals surface area contributed by atoms with Crippen molar-refractivity contribution in [3.05, 3.63) is 35.9 Å². The number of carboxylic acids is 1. The zero-order valence-electron chi connectivity index (χ0n) is 17.5. The molecule has 9 heteroatoms. The number of nitrogens with zero attached hydrogens (tertiary/aromatic N) is 1. The number of aliphatic carboxylic acids is 1. The van der Waals surface area contributed by atoms with E-state index >= 15 is 0 Å². The van der Waals surface area contributed by atoms with E-state index in [2.05, 4.69) is 10.6 Å². The minimum atomic E-state index is -1.08. The largest absolute Gasteiger partial charge is 0.480 e. The molecule has 0 radical (unpaired) electrons. The predicted molar refractivity (Wildman–Crippen MR) is 115 cm³/mol. The van der Waals surface area contributed by atoms with E-state index in [1.807, 2.05) is 36.6 Å². The molecule has 4 unspecified atom stereocenters. The third-order valence-corrected chi connectivity index (χ3v) is 5.76. The fourth-order valence-electron chi connectivity index (χ4n) is 3.70. The van der Waals surface area contributed by atoms with E-state index < -0.39 is 35.9 Å². The number of nitrogens with one attached hydrogen (secondary N) is 2. The van der Waals surface area contributed by atoms with Crippen LogP contribution in [0.15, 0.2) is 30.3 Å². The first-order valence-corrected chi connectivity index (χ1v) is 11.3. The Morgan fingerprint density at radius 2 is 1.93 bits per heavy atom. The maximum absolute atomic E-state index is 13.0. The highest BCUT2D eigenvalue weighted by molar-refractivity contribution is 7.98. The minimum Gasteiger partial charge on any atom is -0.480 e. The Balaban J connectivity index is 2.11. The normalized spacial score (nSPS) is 20.5. The van der Waals surface area contributed by atoms with Crippen molar-refractivity contribution in [3.8, 4) is 0 Å². The molecular formula is C21H29N3O5S. The van der Waals surface area contributed by atoms with Crippen LogP contribution in [0.1, 0.15) is 32.3 Å². The predicted octanol–water partition coefficient (Wildman–Crippen LogP) is 1.05. The second-order valence-electron chi connectivity index (χ2n) is 7.47. The van der Waals surface area contributed by atoms with Gasteiger partial charge in [0.05, 0.1) is 0 Å². The molecule has 0 bridgehead atoms. The van der Waals surface area contributed by atoms with Gasteiger partial charge < -0.3 is 20.6 Å². The Morgan fingerprint density at radius 1 is 1.27 bits per heavy atom. The number of carbonyl (C=O) groups excluding carboxylic acids is 3. The molecule has 1 aromatic rings. The molecule has 3 N–H and O–H groups in total. The lowest BCUT2D eigenvalue weighted by atomic mass is 10.0. The molecule has 1 saturated heterocycles. The van der Waals surface area contributed by atoms with Crippen molar-refractivity contribution in [3.63, 3.8) is 0 Å². The van der Waals surface area contributed by atoms with Crippen LogP contribution in [0.5, 0.6) is 0 Å². The van der Waals surface area contributed by atoms with Crippen molar-refractivity contribution < 1.29 is 24.3 Å². The molecule has 8 nitrogen and oxygen atoms in total. The monoisotopic (exact) mass is 435 g/mol. The number of hydrogen-bond donors (Lipinski definition) is 3. The molecule has 1 aliphatic rings. The van der Waals surface area contributed by atoms with Crippen molar-refractivity contribution in [2.24, 2.45) is 0 Å². The summed E-state index contributed by atoms with van der Waals surface area (Å²) in [6, 6.07) is 6.25. The van der Waals surface area contributed by atoms with Gasteiger partial charge in [-0.15, -0.1) is 0 Å². The number of carbonyl (C=O) groups is 4. The van der Waals surface area contributed by atoms with Crippen molar-refractivity contribution >= 4 is 35.5 Å². The number of benzene rings is 1. The van der Waals surface area contributed by atoms with Gasteiger partial charge in [-0.1, -0.05) is 30.3 Å². The van der Waals surface area contributed by atoms with Crippen molar-refractivity contribution in [1.82, 2.24) is 15.5 Å². The number of likely N-dealkylation sites (tertiary alicyclic amines) is 1. The number of rotatable bonds is 10. The Morgan fingerprint density at radius 3 is 2.50 bits per heavy atom. The van der Waals surface area contributed by atoms with Crippen LogP contribution >= 0.6 is 11.8 Å². The standard InChI is InChI=1S/C21H29N3O5S/c1-13-11-17(23-19(26)16(9-10-30-3)22-14(2)25)20(27)24(13)18(21(28)29)12-15-7-5-4-6-8-15/h4-8,13,16-18H,9-12H2,1-3H3,(H,22,25)(H,23,26)(H,28,29). The lowest BCUT2D eigenvalue weighted by Gasteiger charge is -2.29. The summed E-state index contributed by atoms with van der Waals surface area (Å²) in [5.41, 5.74) is 0.820. The van der Waals surface area contributed by atoms with Crippen molar-refractivity contribution in [1.29, 1.82) is 0 Å². The molecule has 0 aliphatic carbocycles. The van der Waals surface area contributed by atoms with Gasteiger partial charge in [-0.25, -0.2) is 4.79 Å². The molecule has 3 amide bonds. The summed E-state index contributed by atoms with van der Waals surface area (Å²) in [5, 5.41) is 15.1. The van der Waals surface area contributed by atoms with Gasteiger partial charge in [0.2, 0.25) is 17.7 Å². The molecule has 2 rings (SSSR count). The van der Waals surface area contributed by atoms with Gasteiger partial charge in [-0.05, 0) is 37.3 Å². The highest BCUT2D eigenvalue weighted by Crippen LogP contribution is 2.24. The Bertz CT molecular complexity index is 773. The average Bonchev–Trinajstić information content (AvgIpc) is 2.96. The van der Waals surface area contributed by atoms with E-state index in [0.29, 0.717) is 18.6 Å². The summed E-state index contributed by atoms with van der Waals surface area (Å²) in [4.78, 5) is 50.4. The first-order chi connectivity index (χ1) is 14.2. The van der Waals surface area contributed by atoms with Crippen LogP contribution in [-0.2, 0) is 25.6 Å². The molecule has 0 aromatic heterocycles. The van der Waals surface area contributed by atoms with Crippen LogP contribution in [0.3, 0.4) is 0 Å². The van der Waals surface area contributed by atoms with E-state index in [9.17, 15) is 24.3 Å². The zero-order valence-corrected chi connectivity index (χ0v) is 18.3. The number of carboxylic acid groups (broad SMARTS) is 1. The van der Waals surface area contributed by atoms with Gasteiger partial charge in [0.25, 0.3) is 0 Å². The average molecular weight is 436 g/mol. The minimum absolute atomic E-state index is 0.190. The van der Waals surface area contributed by atoms with Gasteiger partial charge in [0.1, 0.15) is 18.1 Å². The number of thioether (sulfide) groups is 1. The van der Waals surface area contributed by atoms with Gasteiger partial charge in [0.15, 0.2) is 0 Å². The molecule has 4 atom stereocenters. The smallest absolute Gasteiger partial charge is 0.326 e. The van der Waals surface area contributed by atoms with Gasteiger partial charge >= 0.3 is 5.97 Å². The summed E-state index contributed by atoms with van der Waals surface area (Å²) in [5.74, 6) is -1.57. The Labute approximate surface area is 180 Å². The van der Waals surface area contributed by atoms with Crippen LogP contribution in [0.2, 0.25) is 0 Å². The maximum Gasteiger partial charge on any atom is 0.326 e. The fraction of sp³-hybridized carbons (Fsp3) is 0.524. The lowest BCUT2D eigenvalue weighted by Crippen LogP contribution is -2.53. The molecule has 164 valence electrons. The van der Waals surface area contributed by atoms with E-state index in [1.165, 1.54) is 11.8 Å². The quantitative estimate of drug-likeness (QED) is 0.506. The van der Waals surface area contributed by atoms with E-state index in [-0.39, 0.29) is 18.4 Å². The second-order valence-corrected chi connectivity index (χ2v) is 8.46. The van der Waals surface area contributed by atoms with Gasteiger partial charge in [-0.3, -0.25) is 14.4 Å². The first-order valence-electron chi connectivity index (χ1n) is 9.89. The molecular weight excluding hydrogens is 406 g/mol. The summed E-state index contributed by atoms with van der Waals surface area (Å²) in [7, 11) is 0. The van der Waals surface area contributed by atoms with Crippen LogP contribution in [0.4, 0.5) is 0 Å². The van der Waals surface area contributed by atoms with Gasteiger partial charge in [0, 0.05) is 19.4 Å². The Kier molecular flexibility index (Phi) is 8.71. The zero-order chi connectivity index (χ0) is 22.3. The molecule has 1 fully saturated rings. The number of hydrogen-bond acceptors (Lipinski definition) is 5. The maximum atomic E-state index is 13.0. The molecule has 1 aromatic carbocycles. The summed E-state index contributed by atoms with van der Waals surface area (Å²) in [6.45, 7) is 3.12. The van der Waals surface area contributed by atoms with E-state index in [0.717, 1.165) is 5.56 Å². The molecule has 1 aliphatic heterocycles. The highest BCUT2D eigenvalue weighted by Gasteiger charge is 2.44. The van der Waals surface area contributed by atoms with Crippen LogP contribution in [-0.4, -0.2) is 69.9 Å². The summed E-state index contributed by atoms with van der Waals surface area (Å²) < 4.78 is 0. The second kappa shape index (κ2) is 11.0. The number of amides is 3. The highest BCUT2D eigenvalue weighted by atomic mass is 32.2. The van der Waals surface area contributed by atoms with Crippen molar-refractivity contribution in [2.75, 3.05) is 12.0 Å². The lowest BCUT2D eigenvalue weighted by molar-refractivity contribution is -0.150. The van der Waals surface area contributed by atoms with Crippen LogP contribution in [0, 0.1) is 0 Å². The van der Waals surface area contributed by atoms with E-state index in [1.54, 1.807) is 18.7 Å². The summed E-state index contributed by atoms with van der Waals surface area (Å²) >= 11 is 1.55. The first kappa shape index (κ1) is 23.7. The van der Waals surface area contributed by atoms with E-state index in [4.69, 9.17) is 0 Å². The summed E-state index contributed by atoms with van der Waals surface area (Å²) in [6.07, 6.45) is 2.85. The molecule has 0 spiro atoms. The van der Waals surface area contributed by atoms with Crippen molar-refractivity contribution in [2.45, 2.75) is 57.3 Å². The van der Waals surface area contributed by atoms with Gasteiger partial charge in [-0.2, -0.15) is 11.8 Å².